The highest BCUT2D eigenvalue weighted by atomic mass is 32.1. The molecule has 2 aliphatic rings. The number of piperazine rings is 1. The molecule has 0 N–H and O–H groups in total. The number of halogens is 1. The third kappa shape index (κ3) is 4.87. The van der Waals surface area contributed by atoms with E-state index in [0.717, 1.165) is 81.1 Å². The zero-order chi connectivity index (χ0) is 21.0. The highest BCUT2D eigenvalue weighted by molar-refractivity contribution is 7.15. The summed E-state index contributed by atoms with van der Waals surface area (Å²) in [6.07, 6.45) is 1.67. The van der Waals surface area contributed by atoms with Gasteiger partial charge in [0, 0.05) is 61.6 Å². The van der Waals surface area contributed by atoms with E-state index in [4.69, 9.17) is 4.74 Å². The molecular formula is C23H26FN5OS. The van der Waals surface area contributed by atoms with Crippen molar-refractivity contribution < 1.29 is 9.13 Å². The molecule has 31 heavy (non-hydrogen) atoms. The zero-order valence-corrected chi connectivity index (χ0v) is 18.2. The zero-order valence-electron chi connectivity index (χ0n) is 17.4. The normalized spacial score (nSPS) is 17.8. The van der Waals surface area contributed by atoms with Crippen molar-refractivity contribution in [1.29, 1.82) is 0 Å². The number of thiophene rings is 1. The molecule has 0 radical (unpaired) electrons. The van der Waals surface area contributed by atoms with E-state index in [0.29, 0.717) is 0 Å². The predicted molar refractivity (Wildman–Crippen MR) is 122 cm³/mol. The summed E-state index contributed by atoms with van der Waals surface area (Å²) in [4.78, 5) is 18.5. The molecule has 0 amide bonds. The van der Waals surface area contributed by atoms with E-state index in [1.807, 2.05) is 6.07 Å². The monoisotopic (exact) mass is 439 g/mol. The quantitative estimate of drug-likeness (QED) is 0.606. The molecule has 0 atom stereocenters. The van der Waals surface area contributed by atoms with Crippen LogP contribution < -0.4 is 9.80 Å². The standard InChI is InChI=1S/C23H26FN5OS/c24-19-3-1-2-18(14-19)21-5-4-20(31-21)16-27-6-8-28(9-7-27)22-15-23(26-17-25-22)29-10-12-30-13-11-29/h1-5,14-15,17H,6-13,16H2. The van der Waals surface area contributed by atoms with Crippen molar-refractivity contribution >= 4 is 23.0 Å². The lowest BCUT2D eigenvalue weighted by atomic mass is 10.2. The summed E-state index contributed by atoms with van der Waals surface area (Å²) in [5.41, 5.74) is 0.945. The molecule has 0 bridgehead atoms. The van der Waals surface area contributed by atoms with Gasteiger partial charge in [-0.3, -0.25) is 4.90 Å². The summed E-state index contributed by atoms with van der Waals surface area (Å²) < 4.78 is 19.0. The van der Waals surface area contributed by atoms with Crippen LogP contribution >= 0.6 is 11.3 Å². The number of benzene rings is 1. The average Bonchev–Trinajstić information content (AvgIpc) is 3.29. The number of hydrogen-bond donors (Lipinski definition) is 0. The smallest absolute Gasteiger partial charge is 0.134 e. The maximum atomic E-state index is 13.5. The first-order chi connectivity index (χ1) is 15.2. The van der Waals surface area contributed by atoms with E-state index in [9.17, 15) is 4.39 Å². The van der Waals surface area contributed by atoms with Crippen molar-refractivity contribution in [3.63, 3.8) is 0 Å². The molecule has 0 unspecified atom stereocenters. The number of hydrogen-bond acceptors (Lipinski definition) is 7. The Kier molecular flexibility index (Phi) is 6.11. The summed E-state index contributed by atoms with van der Waals surface area (Å²) in [6.45, 7) is 8.06. The third-order valence-electron chi connectivity index (χ3n) is 5.82. The van der Waals surface area contributed by atoms with Crippen LogP contribution in [0.4, 0.5) is 16.0 Å². The summed E-state index contributed by atoms with van der Waals surface area (Å²) in [5, 5.41) is 0. The van der Waals surface area contributed by atoms with Gasteiger partial charge in [0.2, 0.25) is 0 Å². The topological polar surface area (TPSA) is 44.7 Å². The van der Waals surface area contributed by atoms with Crippen LogP contribution in [0.3, 0.4) is 0 Å². The molecule has 2 aliphatic heterocycles. The Morgan fingerprint density at radius 2 is 1.61 bits per heavy atom. The first kappa shape index (κ1) is 20.4. The Bertz CT molecular complexity index is 1010. The summed E-state index contributed by atoms with van der Waals surface area (Å²) in [5.74, 6) is 1.80. The van der Waals surface area contributed by atoms with Gasteiger partial charge in [-0.15, -0.1) is 11.3 Å². The minimum Gasteiger partial charge on any atom is -0.378 e. The van der Waals surface area contributed by atoms with E-state index >= 15 is 0 Å². The van der Waals surface area contributed by atoms with Crippen LogP contribution in [-0.2, 0) is 11.3 Å². The maximum Gasteiger partial charge on any atom is 0.134 e. The van der Waals surface area contributed by atoms with E-state index in [1.54, 1.807) is 29.8 Å². The van der Waals surface area contributed by atoms with Gasteiger partial charge in [0.25, 0.3) is 0 Å². The van der Waals surface area contributed by atoms with Crippen LogP contribution in [-0.4, -0.2) is 67.4 Å². The molecule has 2 fully saturated rings. The first-order valence-electron chi connectivity index (χ1n) is 10.7. The average molecular weight is 440 g/mol. The minimum absolute atomic E-state index is 0.190. The van der Waals surface area contributed by atoms with Crippen LogP contribution in [0.25, 0.3) is 10.4 Å². The van der Waals surface area contributed by atoms with Gasteiger partial charge in [0.1, 0.15) is 23.8 Å². The van der Waals surface area contributed by atoms with Crippen molar-refractivity contribution in [3.8, 4) is 10.4 Å². The second-order valence-corrected chi connectivity index (χ2v) is 9.04. The molecule has 0 spiro atoms. The third-order valence-corrected chi connectivity index (χ3v) is 6.94. The van der Waals surface area contributed by atoms with Gasteiger partial charge in [-0.2, -0.15) is 0 Å². The van der Waals surface area contributed by atoms with E-state index in [-0.39, 0.29) is 5.82 Å². The fraction of sp³-hybridized carbons (Fsp3) is 0.391. The lowest BCUT2D eigenvalue weighted by Gasteiger charge is -2.35. The number of morpholine rings is 1. The Morgan fingerprint density at radius 3 is 2.35 bits per heavy atom. The van der Waals surface area contributed by atoms with Gasteiger partial charge in [-0.25, -0.2) is 14.4 Å². The number of anilines is 2. The van der Waals surface area contributed by atoms with Gasteiger partial charge in [-0.1, -0.05) is 12.1 Å². The fourth-order valence-corrected chi connectivity index (χ4v) is 5.14. The number of rotatable bonds is 5. The fourth-order valence-electron chi connectivity index (χ4n) is 4.09. The molecule has 162 valence electrons. The molecule has 8 heteroatoms. The summed E-state index contributed by atoms with van der Waals surface area (Å²) >= 11 is 1.74. The lowest BCUT2D eigenvalue weighted by molar-refractivity contribution is 0.122. The highest BCUT2D eigenvalue weighted by Crippen LogP contribution is 2.29. The Hall–Kier alpha value is -2.55. The molecule has 1 aromatic carbocycles. The SMILES string of the molecule is Fc1cccc(-c2ccc(CN3CCN(c4cc(N5CCOCC5)ncn4)CC3)s2)c1. The summed E-state index contributed by atoms with van der Waals surface area (Å²) in [7, 11) is 0. The lowest BCUT2D eigenvalue weighted by Crippen LogP contribution is -2.46. The number of ether oxygens (including phenoxy) is 1. The second kappa shape index (κ2) is 9.30. The van der Waals surface area contributed by atoms with Crippen molar-refractivity contribution in [2.75, 3.05) is 62.3 Å². The van der Waals surface area contributed by atoms with Crippen molar-refractivity contribution in [3.05, 3.63) is 59.5 Å². The molecule has 0 saturated carbocycles. The molecule has 5 rings (SSSR count). The van der Waals surface area contributed by atoms with Crippen molar-refractivity contribution in [1.82, 2.24) is 14.9 Å². The van der Waals surface area contributed by atoms with E-state index in [1.165, 1.54) is 10.9 Å². The van der Waals surface area contributed by atoms with Crippen LogP contribution in [0, 0.1) is 5.82 Å². The van der Waals surface area contributed by atoms with Crippen molar-refractivity contribution in [2.45, 2.75) is 6.54 Å². The van der Waals surface area contributed by atoms with Crippen LogP contribution in [0.15, 0.2) is 48.8 Å². The molecule has 2 saturated heterocycles. The molecule has 3 aromatic rings. The second-order valence-electron chi connectivity index (χ2n) is 7.87. The molecular weight excluding hydrogens is 413 g/mol. The van der Waals surface area contributed by atoms with Gasteiger partial charge < -0.3 is 14.5 Å². The molecule has 0 aliphatic carbocycles. The summed E-state index contributed by atoms with van der Waals surface area (Å²) in [6, 6.07) is 13.2. The first-order valence-corrected chi connectivity index (χ1v) is 11.5. The Balaban J connectivity index is 1.18. The largest absolute Gasteiger partial charge is 0.378 e. The Morgan fingerprint density at radius 1 is 0.871 bits per heavy atom. The van der Waals surface area contributed by atoms with E-state index < -0.39 is 0 Å². The van der Waals surface area contributed by atoms with Gasteiger partial charge in [0.05, 0.1) is 13.2 Å². The van der Waals surface area contributed by atoms with Crippen molar-refractivity contribution in [2.24, 2.45) is 0 Å². The Labute approximate surface area is 185 Å². The van der Waals surface area contributed by atoms with Crippen LogP contribution in [0.1, 0.15) is 4.88 Å². The molecule has 2 aromatic heterocycles. The maximum absolute atomic E-state index is 13.5. The number of nitrogens with zero attached hydrogens (tertiary/aromatic N) is 5. The molecule has 4 heterocycles. The van der Waals surface area contributed by atoms with Crippen LogP contribution in [0.5, 0.6) is 0 Å². The van der Waals surface area contributed by atoms with Gasteiger partial charge in [-0.05, 0) is 29.8 Å². The predicted octanol–water partition coefficient (Wildman–Crippen LogP) is 3.50. The van der Waals surface area contributed by atoms with Gasteiger partial charge in [0.15, 0.2) is 0 Å². The van der Waals surface area contributed by atoms with Crippen LogP contribution in [0.2, 0.25) is 0 Å². The van der Waals surface area contributed by atoms with E-state index in [2.05, 4.69) is 42.9 Å². The minimum atomic E-state index is -0.190. The molecule has 6 nitrogen and oxygen atoms in total. The van der Waals surface area contributed by atoms with Gasteiger partial charge >= 0.3 is 0 Å². The number of aromatic nitrogens is 2. The highest BCUT2D eigenvalue weighted by Gasteiger charge is 2.20.